The van der Waals surface area contributed by atoms with E-state index in [9.17, 15) is 0 Å². The normalized spacial score (nSPS) is 12.0. The molecule has 5 aromatic rings. The largest absolute Gasteiger partial charge is 0.361 e. The molecule has 2 heterocycles. The predicted molar refractivity (Wildman–Crippen MR) is 113 cm³/mol. The van der Waals surface area contributed by atoms with Gasteiger partial charge in [0, 0.05) is 39.6 Å². The Morgan fingerprint density at radius 2 is 1.11 bits per heavy atom. The monoisotopic (exact) mass is 350 g/mol. The molecule has 5 rings (SSSR count). The highest BCUT2D eigenvalue weighted by molar-refractivity contribution is 5.89. The lowest BCUT2D eigenvalue weighted by atomic mass is 9.72. The van der Waals surface area contributed by atoms with Gasteiger partial charge in [-0.3, -0.25) is 0 Å². The number of hydrogen-bond donors (Lipinski definition) is 2. The first-order valence-electron chi connectivity index (χ1n) is 9.43. The molecule has 2 N–H and O–H groups in total. The van der Waals surface area contributed by atoms with Gasteiger partial charge in [0.15, 0.2) is 0 Å². The summed E-state index contributed by atoms with van der Waals surface area (Å²) >= 11 is 0. The number of aromatic amines is 2. The molecule has 0 saturated heterocycles. The molecule has 3 aromatic carbocycles. The fraction of sp³-hybridized carbons (Fsp3) is 0.120. The van der Waals surface area contributed by atoms with Crippen LogP contribution in [-0.2, 0) is 11.8 Å². The third-order valence-electron chi connectivity index (χ3n) is 5.77. The van der Waals surface area contributed by atoms with Crippen molar-refractivity contribution in [1.29, 1.82) is 0 Å². The van der Waals surface area contributed by atoms with Crippen LogP contribution in [0.4, 0.5) is 0 Å². The van der Waals surface area contributed by atoms with E-state index in [1.807, 2.05) is 0 Å². The Morgan fingerprint density at radius 1 is 0.630 bits per heavy atom. The van der Waals surface area contributed by atoms with Crippen molar-refractivity contribution in [2.24, 2.45) is 0 Å². The van der Waals surface area contributed by atoms with Crippen LogP contribution in [0.5, 0.6) is 0 Å². The fourth-order valence-electron chi connectivity index (χ4n) is 4.40. The molecular weight excluding hydrogens is 328 g/mol. The van der Waals surface area contributed by atoms with E-state index >= 15 is 0 Å². The van der Waals surface area contributed by atoms with Gasteiger partial charge in [-0.25, -0.2) is 0 Å². The zero-order valence-corrected chi connectivity index (χ0v) is 15.4. The summed E-state index contributed by atoms with van der Waals surface area (Å²) in [5, 5.41) is 2.59. The van der Waals surface area contributed by atoms with Gasteiger partial charge in [-0.05, 0) is 35.2 Å². The Morgan fingerprint density at radius 3 is 1.67 bits per heavy atom. The Bertz CT molecular complexity index is 1140. The standard InChI is InChI=1S/C25H22N2/c1-25(15-18-9-3-2-4-10-18,21-16-26-23-13-7-5-11-19(21)23)22-17-27-24-14-8-6-12-20(22)24/h2-14,16-17,26-27H,15H2,1H3. The van der Waals surface area contributed by atoms with Crippen LogP contribution in [-0.4, -0.2) is 9.97 Å². The average Bonchev–Trinajstić information content (AvgIpc) is 3.34. The maximum absolute atomic E-state index is 3.48. The lowest BCUT2D eigenvalue weighted by Gasteiger charge is -2.30. The van der Waals surface area contributed by atoms with Crippen LogP contribution in [0.25, 0.3) is 21.8 Å². The molecule has 0 aliphatic rings. The smallest absolute Gasteiger partial charge is 0.0457 e. The molecule has 2 nitrogen and oxygen atoms in total. The maximum Gasteiger partial charge on any atom is 0.0457 e. The molecule has 2 aromatic heterocycles. The number of rotatable bonds is 4. The number of benzene rings is 3. The Labute approximate surface area is 158 Å². The number of hydrogen-bond acceptors (Lipinski definition) is 0. The van der Waals surface area contributed by atoms with Crippen molar-refractivity contribution < 1.29 is 0 Å². The molecule has 0 aliphatic carbocycles. The summed E-state index contributed by atoms with van der Waals surface area (Å²) in [7, 11) is 0. The zero-order valence-electron chi connectivity index (χ0n) is 15.4. The molecule has 132 valence electrons. The van der Waals surface area contributed by atoms with Gasteiger partial charge in [0.2, 0.25) is 0 Å². The summed E-state index contributed by atoms with van der Waals surface area (Å²) in [6.45, 7) is 2.37. The van der Waals surface area contributed by atoms with E-state index in [1.54, 1.807) is 0 Å². The number of nitrogens with one attached hydrogen (secondary N) is 2. The van der Waals surface area contributed by atoms with Gasteiger partial charge >= 0.3 is 0 Å². The predicted octanol–water partition coefficient (Wildman–Crippen LogP) is 6.20. The SMILES string of the molecule is CC(Cc1ccccc1)(c1c[nH]c2ccccc12)c1c[nH]c2ccccc12. The average molecular weight is 350 g/mol. The van der Waals surface area contributed by atoms with Crippen LogP contribution < -0.4 is 0 Å². The van der Waals surface area contributed by atoms with Crippen molar-refractivity contribution >= 4 is 21.8 Å². The first kappa shape index (κ1) is 16.0. The number of para-hydroxylation sites is 2. The molecule has 2 heteroatoms. The molecule has 0 saturated carbocycles. The Kier molecular flexibility index (Phi) is 3.64. The summed E-state index contributed by atoms with van der Waals surface area (Å²) in [4.78, 5) is 6.96. The van der Waals surface area contributed by atoms with E-state index in [0.29, 0.717) is 0 Å². The quantitative estimate of drug-likeness (QED) is 0.387. The van der Waals surface area contributed by atoms with Crippen molar-refractivity contribution in [3.8, 4) is 0 Å². The van der Waals surface area contributed by atoms with E-state index in [1.165, 1.54) is 38.5 Å². The second kappa shape index (κ2) is 6.17. The summed E-state index contributed by atoms with van der Waals surface area (Å²) in [6, 6.07) is 27.9. The molecule has 0 fully saturated rings. The van der Waals surface area contributed by atoms with Crippen molar-refractivity contribution in [3.05, 3.63) is 108 Å². The van der Waals surface area contributed by atoms with Crippen LogP contribution in [0.3, 0.4) is 0 Å². The molecule has 0 aliphatic heterocycles. The van der Waals surface area contributed by atoms with Gasteiger partial charge in [-0.2, -0.15) is 0 Å². The second-order valence-electron chi connectivity index (χ2n) is 7.49. The van der Waals surface area contributed by atoms with Gasteiger partial charge in [-0.1, -0.05) is 73.7 Å². The number of fused-ring (bicyclic) bond motifs is 2. The maximum atomic E-state index is 3.48. The van der Waals surface area contributed by atoms with Gasteiger partial charge in [-0.15, -0.1) is 0 Å². The minimum atomic E-state index is -0.152. The van der Waals surface area contributed by atoms with Crippen LogP contribution >= 0.6 is 0 Å². The van der Waals surface area contributed by atoms with E-state index in [0.717, 1.165) is 6.42 Å². The molecule has 27 heavy (non-hydrogen) atoms. The molecule has 0 radical (unpaired) electrons. The zero-order chi connectivity index (χ0) is 18.3. The number of aromatic nitrogens is 2. The lowest BCUT2D eigenvalue weighted by molar-refractivity contribution is 0.577. The molecular formula is C25H22N2. The summed E-state index contributed by atoms with van der Waals surface area (Å²) in [5.41, 5.74) is 6.24. The summed E-state index contributed by atoms with van der Waals surface area (Å²) in [6.07, 6.45) is 5.32. The van der Waals surface area contributed by atoms with Crippen molar-refractivity contribution in [3.63, 3.8) is 0 Å². The first-order chi connectivity index (χ1) is 13.3. The van der Waals surface area contributed by atoms with Gasteiger partial charge in [0.1, 0.15) is 0 Å². The highest BCUT2D eigenvalue weighted by atomic mass is 14.7. The molecule has 0 spiro atoms. The minimum absolute atomic E-state index is 0.152. The van der Waals surface area contributed by atoms with Crippen LogP contribution in [0.1, 0.15) is 23.6 Å². The first-order valence-corrected chi connectivity index (χ1v) is 9.43. The Hall–Kier alpha value is -3.26. The Balaban J connectivity index is 1.77. The summed E-state index contributed by atoms with van der Waals surface area (Å²) < 4.78 is 0. The second-order valence-corrected chi connectivity index (χ2v) is 7.49. The third-order valence-corrected chi connectivity index (χ3v) is 5.77. The van der Waals surface area contributed by atoms with Crippen LogP contribution in [0.2, 0.25) is 0 Å². The molecule has 0 amide bonds. The van der Waals surface area contributed by atoms with Gasteiger partial charge < -0.3 is 9.97 Å². The van der Waals surface area contributed by atoms with Crippen LogP contribution in [0, 0.1) is 0 Å². The van der Waals surface area contributed by atoms with Gasteiger partial charge in [0.25, 0.3) is 0 Å². The molecule has 0 bridgehead atoms. The van der Waals surface area contributed by atoms with Crippen LogP contribution in [0.15, 0.2) is 91.3 Å². The van der Waals surface area contributed by atoms with Gasteiger partial charge in [0.05, 0.1) is 0 Å². The lowest BCUT2D eigenvalue weighted by Crippen LogP contribution is -2.26. The van der Waals surface area contributed by atoms with Crippen molar-refractivity contribution in [1.82, 2.24) is 9.97 Å². The van der Waals surface area contributed by atoms with E-state index < -0.39 is 0 Å². The minimum Gasteiger partial charge on any atom is -0.361 e. The molecule has 0 atom stereocenters. The topological polar surface area (TPSA) is 31.6 Å². The highest BCUT2D eigenvalue weighted by Gasteiger charge is 2.33. The third kappa shape index (κ3) is 2.57. The number of H-pyrrole nitrogens is 2. The molecule has 0 unspecified atom stereocenters. The summed E-state index contributed by atoms with van der Waals surface area (Å²) in [5.74, 6) is 0. The fourth-order valence-corrected chi connectivity index (χ4v) is 4.40. The van der Waals surface area contributed by atoms with Crippen molar-refractivity contribution in [2.75, 3.05) is 0 Å². The van der Waals surface area contributed by atoms with E-state index in [2.05, 4.69) is 108 Å². The van der Waals surface area contributed by atoms with E-state index in [-0.39, 0.29) is 5.41 Å². The van der Waals surface area contributed by atoms with Crippen molar-refractivity contribution in [2.45, 2.75) is 18.8 Å². The highest BCUT2D eigenvalue weighted by Crippen LogP contribution is 2.42. The van der Waals surface area contributed by atoms with E-state index in [4.69, 9.17) is 0 Å².